The summed E-state index contributed by atoms with van der Waals surface area (Å²) in [4.78, 5) is 0. The SMILES string of the molecule is CC1=CC=C(CCC2CCC(C3CCC(C4CCC(C)CC4)CC3)CC2)C(F)(F)C1(F)F. The van der Waals surface area contributed by atoms with E-state index < -0.39 is 17.4 Å². The van der Waals surface area contributed by atoms with Gasteiger partial charge in [0.25, 0.3) is 0 Å². The summed E-state index contributed by atoms with van der Waals surface area (Å²) in [7, 11) is 0. The van der Waals surface area contributed by atoms with Crippen LogP contribution in [-0.2, 0) is 0 Å². The van der Waals surface area contributed by atoms with Crippen molar-refractivity contribution in [3.63, 3.8) is 0 Å². The minimum Gasteiger partial charge on any atom is -0.194 e. The van der Waals surface area contributed by atoms with Gasteiger partial charge in [0, 0.05) is 11.1 Å². The maximum Gasteiger partial charge on any atom is 0.335 e. The summed E-state index contributed by atoms with van der Waals surface area (Å²) in [5, 5.41) is 0. The molecule has 4 rings (SSSR count). The van der Waals surface area contributed by atoms with Gasteiger partial charge in [-0.05, 0) is 107 Å². The highest BCUT2D eigenvalue weighted by Gasteiger charge is 2.60. The van der Waals surface area contributed by atoms with Crippen LogP contribution in [0.25, 0.3) is 0 Å². The molecule has 4 aliphatic rings. The Morgan fingerprint density at radius 2 is 1.09 bits per heavy atom. The van der Waals surface area contributed by atoms with Gasteiger partial charge in [-0.1, -0.05) is 44.8 Å². The topological polar surface area (TPSA) is 0 Å². The Balaban J connectivity index is 1.19. The average molecular weight is 455 g/mol. The Labute approximate surface area is 192 Å². The van der Waals surface area contributed by atoms with Crippen molar-refractivity contribution in [2.24, 2.45) is 35.5 Å². The molecule has 0 spiro atoms. The zero-order valence-corrected chi connectivity index (χ0v) is 20.0. The standard InChI is InChI=1S/C28H42F4/c1-19-3-9-22(10-4-19)24-13-15-25(16-14-24)23-11-6-21(7-12-23)8-18-26-17-5-20(2)27(29,30)28(26,31)32/h5,17,19,21-25H,3-4,6-16,18H2,1-2H3. The quantitative estimate of drug-likeness (QED) is 0.363. The Morgan fingerprint density at radius 3 is 1.59 bits per heavy atom. The van der Waals surface area contributed by atoms with Crippen LogP contribution in [0, 0.1) is 35.5 Å². The fraction of sp³-hybridized carbons (Fsp3) is 0.857. The van der Waals surface area contributed by atoms with Crippen LogP contribution in [-0.4, -0.2) is 11.8 Å². The average Bonchev–Trinajstić information content (AvgIpc) is 2.79. The van der Waals surface area contributed by atoms with E-state index >= 15 is 0 Å². The number of halogens is 4. The van der Waals surface area contributed by atoms with Crippen molar-refractivity contribution in [3.8, 4) is 0 Å². The molecule has 0 amide bonds. The summed E-state index contributed by atoms with van der Waals surface area (Å²) in [6.07, 6.45) is 19.0. The number of alkyl halides is 4. The highest BCUT2D eigenvalue weighted by molar-refractivity contribution is 5.36. The fourth-order valence-corrected chi connectivity index (χ4v) is 7.28. The van der Waals surface area contributed by atoms with E-state index in [4.69, 9.17) is 0 Å². The molecule has 4 heteroatoms. The van der Waals surface area contributed by atoms with Crippen LogP contribution >= 0.6 is 0 Å². The largest absolute Gasteiger partial charge is 0.335 e. The maximum atomic E-state index is 14.3. The van der Waals surface area contributed by atoms with Gasteiger partial charge >= 0.3 is 11.8 Å². The van der Waals surface area contributed by atoms with Crippen molar-refractivity contribution in [1.82, 2.24) is 0 Å². The van der Waals surface area contributed by atoms with E-state index in [2.05, 4.69) is 6.92 Å². The van der Waals surface area contributed by atoms with Crippen LogP contribution in [0.4, 0.5) is 17.6 Å². The lowest BCUT2D eigenvalue weighted by molar-refractivity contribution is -0.164. The van der Waals surface area contributed by atoms with Crippen molar-refractivity contribution < 1.29 is 17.6 Å². The van der Waals surface area contributed by atoms with E-state index in [-0.39, 0.29) is 12.0 Å². The molecule has 3 saturated carbocycles. The first-order valence-corrected chi connectivity index (χ1v) is 13.3. The molecule has 0 aromatic heterocycles. The van der Waals surface area contributed by atoms with Crippen molar-refractivity contribution in [1.29, 1.82) is 0 Å². The summed E-state index contributed by atoms with van der Waals surface area (Å²) in [5.41, 5.74) is -0.926. The number of allylic oxidation sites excluding steroid dienone is 4. The molecule has 0 nitrogen and oxygen atoms in total. The first-order chi connectivity index (χ1) is 15.2. The zero-order valence-electron chi connectivity index (χ0n) is 20.0. The van der Waals surface area contributed by atoms with E-state index in [0.717, 1.165) is 49.4 Å². The van der Waals surface area contributed by atoms with E-state index in [1.54, 1.807) is 0 Å². The highest BCUT2D eigenvalue weighted by Crippen LogP contribution is 2.50. The van der Waals surface area contributed by atoms with Crippen molar-refractivity contribution in [3.05, 3.63) is 23.3 Å². The summed E-state index contributed by atoms with van der Waals surface area (Å²) in [5.74, 6) is -3.19. The van der Waals surface area contributed by atoms with Crippen LogP contribution in [0.5, 0.6) is 0 Å². The Morgan fingerprint density at radius 1 is 0.656 bits per heavy atom. The molecule has 182 valence electrons. The maximum absolute atomic E-state index is 14.3. The van der Waals surface area contributed by atoms with Gasteiger partial charge < -0.3 is 0 Å². The number of rotatable bonds is 5. The van der Waals surface area contributed by atoms with Gasteiger partial charge in [-0.25, -0.2) is 0 Å². The monoisotopic (exact) mass is 454 g/mol. The lowest BCUT2D eigenvalue weighted by atomic mass is 9.65. The van der Waals surface area contributed by atoms with Crippen LogP contribution in [0.1, 0.15) is 104 Å². The van der Waals surface area contributed by atoms with E-state index in [9.17, 15) is 17.6 Å². The Bertz CT molecular complexity index is 682. The molecule has 0 radical (unpaired) electrons. The van der Waals surface area contributed by atoms with Crippen molar-refractivity contribution >= 4 is 0 Å². The van der Waals surface area contributed by atoms with Gasteiger partial charge in [0.05, 0.1) is 0 Å². The lowest BCUT2D eigenvalue weighted by Gasteiger charge is -2.41. The molecule has 0 aromatic carbocycles. The molecule has 0 atom stereocenters. The Hall–Kier alpha value is -0.800. The van der Waals surface area contributed by atoms with Crippen molar-refractivity contribution in [2.45, 2.75) is 116 Å². The minimum atomic E-state index is -4.05. The summed E-state index contributed by atoms with van der Waals surface area (Å²) < 4.78 is 56.5. The molecule has 4 aliphatic carbocycles. The molecule has 0 heterocycles. The molecular formula is C28H42F4. The van der Waals surface area contributed by atoms with Gasteiger partial charge in [0.2, 0.25) is 0 Å². The van der Waals surface area contributed by atoms with Crippen LogP contribution in [0.15, 0.2) is 23.3 Å². The first kappa shape index (κ1) is 24.3. The molecule has 0 aromatic rings. The second-order valence-corrected chi connectivity index (χ2v) is 11.7. The predicted molar refractivity (Wildman–Crippen MR) is 123 cm³/mol. The van der Waals surface area contributed by atoms with Gasteiger partial charge in [0.1, 0.15) is 0 Å². The van der Waals surface area contributed by atoms with Gasteiger partial charge in [-0.2, -0.15) is 17.6 Å². The highest BCUT2D eigenvalue weighted by atomic mass is 19.3. The molecule has 0 aliphatic heterocycles. The van der Waals surface area contributed by atoms with Gasteiger partial charge in [-0.15, -0.1) is 0 Å². The van der Waals surface area contributed by atoms with E-state index in [1.807, 2.05) is 0 Å². The second-order valence-electron chi connectivity index (χ2n) is 11.7. The number of hydrogen-bond donors (Lipinski definition) is 0. The Kier molecular flexibility index (Phi) is 7.47. The van der Waals surface area contributed by atoms with Crippen LogP contribution in [0.3, 0.4) is 0 Å². The minimum absolute atomic E-state index is 0.0901. The van der Waals surface area contributed by atoms with E-state index in [1.165, 1.54) is 76.4 Å². The third-order valence-corrected chi connectivity index (χ3v) is 9.75. The molecule has 0 unspecified atom stereocenters. The van der Waals surface area contributed by atoms with Crippen LogP contribution in [0.2, 0.25) is 0 Å². The second kappa shape index (κ2) is 9.82. The normalized spacial score (nSPS) is 39.8. The third kappa shape index (κ3) is 4.99. The van der Waals surface area contributed by atoms with Crippen LogP contribution < -0.4 is 0 Å². The van der Waals surface area contributed by atoms with Crippen molar-refractivity contribution in [2.75, 3.05) is 0 Å². The predicted octanol–water partition coefficient (Wildman–Crippen LogP) is 9.36. The molecule has 3 fully saturated rings. The summed E-state index contributed by atoms with van der Waals surface area (Å²) in [6.45, 7) is 3.49. The number of hydrogen-bond acceptors (Lipinski definition) is 0. The summed E-state index contributed by atoms with van der Waals surface area (Å²) in [6, 6.07) is 0. The lowest BCUT2D eigenvalue weighted by Crippen LogP contribution is -2.44. The van der Waals surface area contributed by atoms with Gasteiger partial charge in [0.15, 0.2) is 0 Å². The summed E-state index contributed by atoms with van der Waals surface area (Å²) >= 11 is 0. The molecule has 0 bridgehead atoms. The third-order valence-electron chi connectivity index (χ3n) is 9.75. The molecule has 0 saturated heterocycles. The van der Waals surface area contributed by atoms with E-state index in [0.29, 0.717) is 12.3 Å². The smallest absolute Gasteiger partial charge is 0.194 e. The fourth-order valence-electron chi connectivity index (χ4n) is 7.28. The zero-order chi connectivity index (χ0) is 22.9. The first-order valence-electron chi connectivity index (χ1n) is 13.3. The molecule has 0 N–H and O–H groups in total. The molecular weight excluding hydrogens is 412 g/mol. The van der Waals surface area contributed by atoms with Gasteiger partial charge in [-0.3, -0.25) is 0 Å². The molecule has 32 heavy (non-hydrogen) atoms.